The maximum atomic E-state index is 12.7. The third-order valence-electron chi connectivity index (χ3n) is 5.74. The molecule has 1 saturated heterocycles. The Labute approximate surface area is 191 Å². The number of furan rings is 1. The van der Waals surface area contributed by atoms with Crippen molar-refractivity contribution in [1.82, 2.24) is 30.0 Å². The van der Waals surface area contributed by atoms with Crippen LogP contribution in [0.5, 0.6) is 11.5 Å². The van der Waals surface area contributed by atoms with Gasteiger partial charge in [0.15, 0.2) is 23.1 Å². The summed E-state index contributed by atoms with van der Waals surface area (Å²) in [5.74, 6) is 2.16. The minimum absolute atomic E-state index is 0.111. The van der Waals surface area contributed by atoms with E-state index in [0.29, 0.717) is 62.4 Å². The van der Waals surface area contributed by atoms with Gasteiger partial charge in [0, 0.05) is 38.9 Å². The summed E-state index contributed by atoms with van der Waals surface area (Å²) in [5.41, 5.74) is 0.885. The molecule has 0 N–H and O–H groups in total. The Morgan fingerprint density at radius 2 is 1.91 bits per heavy atom. The Kier molecular flexibility index (Phi) is 7.20. The molecule has 0 radical (unpaired) electrons. The molecule has 0 bridgehead atoms. The minimum atomic E-state index is -0.303. The van der Waals surface area contributed by atoms with Crippen LogP contribution in [0.25, 0.3) is 0 Å². The Hall–Kier alpha value is -3.44. The average Bonchev–Trinajstić information content (AvgIpc) is 3.55. The van der Waals surface area contributed by atoms with Gasteiger partial charge in [-0.05, 0) is 28.6 Å². The van der Waals surface area contributed by atoms with Crippen LogP contribution in [-0.2, 0) is 11.3 Å². The van der Waals surface area contributed by atoms with Gasteiger partial charge >= 0.3 is 0 Å². The highest BCUT2D eigenvalue weighted by molar-refractivity contribution is 5.91. The lowest BCUT2D eigenvalue weighted by Gasteiger charge is -2.39. The van der Waals surface area contributed by atoms with Crippen LogP contribution >= 0.6 is 0 Å². The highest BCUT2D eigenvalue weighted by atomic mass is 16.5. The fraction of sp³-hybridized carbons (Fsp3) is 0.455. The Morgan fingerprint density at radius 1 is 1.09 bits per heavy atom. The maximum Gasteiger partial charge on any atom is 0.289 e. The Morgan fingerprint density at radius 3 is 2.58 bits per heavy atom. The van der Waals surface area contributed by atoms with Crippen LogP contribution in [0.4, 0.5) is 0 Å². The SMILES string of the molecule is COCCn1nnnc1[C@H](c1cccc(OC)c1OC)N1CCN(C(=O)c2ccco2)CC1. The largest absolute Gasteiger partial charge is 0.493 e. The standard InChI is InChI=1S/C22H28N6O5/c1-30-15-13-28-21(23-24-25-28)19(16-6-4-7-17(31-2)20(16)32-3)26-9-11-27(12-10-26)22(29)18-8-5-14-33-18/h4-8,14,19H,9-13,15H2,1-3H3/t19-/m0/s1. The first-order chi connectivity index (χ1) is 16.2. The molecular weight excluding hydrogens is 428 g/mol. The summed E-state index contributed by atoms with van der Waals surface area (Å²) >= 11 is 0. The summed E-state index contributed by atoms with van der Waals surface area (Å²) in [5, 5.41) is 12.5. The number of aromatic nitrogens is 4. The van der Waals surface area contributed by atoms with Crippen LogP contribution in [0.2, 0.25) is 0 Å². The zero-order chi connectivity index (χ0) is 23.2. The second-order valence-electron chi connectivity index (χ2n) is 7.54. The number of piperazine rings is 1. The fourth-order valence-electron chi connectivity index (χ4n) is 4.11. The highest BCUT2D eigenvalue weighted by Crippen LogP contribution is 2.39. The van der Waals surface area contributed by atoms with E-state index in [2.05, 4.69) is 20.4 Å². The molecule has 1 fully saturated rings. The molecule has 176 valence electrons. The van der Waals surface area contributed by atoms with Crippen LogP contribution in [-0.4, -0.2) is 90.0 Å². The number of carbonyl (C=O) groups is 1. The van der Waals surface area contributed by atoms with Gasteiger partial charge in [-0.15, -0.1) is 5.10 Å². The van der Waals surface area contributed by atoms with Crippen molar-refractivity contribution >= 4 is 5.91 Å². The van der Waals surface area contributed by atoms with Gasteiger partial charge < -0.3 is 23.5 Å². The third kappa shape index (κ3) is 4.69. The molecule has 11 heteroatoms. The van der Waals surface area contributed by atoms with Gasteiger partial charge in [0.05, 0.1) is 33.6 Å². The molecule has 1 atom stereocenters. The van der Waals surface area contributed by atoms with E-state index >= 15 is 0 Å². The molecule has 3 heterocycles. The van der Waals surface area contributed by atoms with E-state index in [-0.39, 0.29) is 11.9 Å². The van der Waals surface area contributed by atoms with E-state index in [1.807, 2.05) is 18.2 Å². The molecule has 0 saturated carbocycles. The predicted molar refractivity (Wildman–Crippen MR) is 117 cm³/mol. The van der Waals surface area contributed by atoms with Gasteiger partial charge in [-0.25, -0.2) is 4.68 Å². The molecule has 1 aliphatic rings. The van der Waals surface area contributed by atoms with Gasteiger partial charge in [0.25, 0.3) is 5.91 Å². The Bertz CT molecular complexity index is 1050. The van der Waals surface area contributed by atoms with E-state index in [9.17, 15) is 4.79 Å². The molecule has 1 aliphatic heterocycles. The number of nitrogens with zero attached hydrogens (tertiary/aromatic N) is 6. The van der Waals surface area contributed by atoms with Gasteiger partial charge in [-0.2, -0.15) is 0 Å². The molecule has 2 aromatic heterocycles. The second-order valence-corrected chi connectivity index (χ2v) is 7.54. The summed E-state index contributed by atoms with van der Waals surface area (Å²) in [4.78, 5) is 16.8. The molecular formula is C22H28N6O5. The van der Waals surface area contributed by atoms with Crippen molar-refractivity contribution < 1.29 is 23.4 Å². The lowest BCUT2D eigenvalue weighted by Crippen LogP contribution is -2.50. The number of rotatable bonds is 9. The van der Waals surface area contributed by atoms with Crippen LogP contribution in [0, 0.1) is 0 Å². The molecule has 0 spiro atoms. The number of ether oxygens (including phenoxy) is 3. The monoisotopic (exact) mass is 456 g/mol. The van der Waals surface area contributed by atoms with Gasteiger partial charge in [0.1, 0.15) is 6.04 Å². The smallest absolute Gasteiger partial charge is 0.289 e. The highest BCUT2D eigenvalue weighted by Gasteiger charge is 2.34. The first-order valence-corrected chi connectivity index (χ1v) is 10.7. The number of hydrogen-bond donors (Lipinski definition) is 0. The second kappa shape index (κ2) is 10.5. The molecule has 3 aromatic rings. The van der Waals surface area contributed by atoms with Crippen LogP contribution < -0.4 is 9.47 Å². The van der Waals surface area contributed by atoms with E-state index in [1.165, 1.54) is 6.26 Å². The lowest BCUT2D eigenvalue weighted by atomic mass is 10.0. The maximum absolute atomic E-state index is 12.7. The normalized spacial score (nSPS) is 15.4. The molecule has 0 aliphatic carbocycles. The summed E-state index contributed by atoms with van der Waals surface area (Å²) in [6.45, 7) is 3.32. The van der Waals surface area contributed by atoms with Crippen molar-refractivity contribution in [3.05, 3.63) is 53.7 Å². The first-order valence-electron chi connectivity index (χ1n) is 10.7. The third-order valence-corrected chi connectivity index (χ3v) is 5.74. The summed E-state index contributed by atoms with van der Waals surface area (Å²) in [7, 11) is 4.87. The summed E-state index contributed by atoms with van der Waals surface area (Å²) < 4.78 is 23.5. The van der Waals surface area contributed by atoms with Crippen LogP contribution in [0.1, 0.15) is 28.0 Å². The van der Waals surface area contributed by atoms with Crippen molar-refractivity contribution in [2.45, 2.75) is 12.6 Å². The fourth-order valence-corrected chi connectivity index (χ4v) is 4.11. The average molecular weight is 457 g/mol. The topological polar surface area (TPSA) is 108 Å². The van der Waals surface area contributed by atoms with Crippen molar-refractivity contribution in [3.63, 3.8) is 0 Å². The molecule has 11 nitrogen and oxygen atoms in total. The molecule has 1 aromatic carbocycles. The van der Waals surface area contributed by atoms with E-state index < -0.39 is 0 Å². The molecule has 4 rings (SSSR count). The summed E-state index contributed by atoms with van der Waals surface area (Å²) in [6.07, 6.45) is 1.51. The van der Waals surface area contributed by atoms with E-state index in [1.54, 1.807) is 43.0 Å². The van der Waals surface area contributed by atoms with Crippen molar-refractivity contribution in [2.75, 3.05) is 54.1 Å². The number of tetrazole rings is 1. The number of benzene rings is 1. The van der Waals surface area contributed by atoms with Crippen LogP contribution in [0.3, 0.4) is 0 Å². The van der Waals surface area contributed by atoms with Crippen LogP contribution in [0.15, 0.2) is 41.0 Å². The zero-order valence-electron chi connectivity index (χ0n) is 19.0. The van der Waals surface area contributed by atoms with Gasteiger partial charge in [-0.3, -0.25) is 9.69 Å². The van der Waals surface area contributed by atoms with Crippen molar-refractivity contribution in [2.24, 2.45) is 0 Å². The minimum Gasteiger partial charge on any atom is -0.493 e. The number of amides is 1. The van der Waals surface area contributed by atoms with E-state index in [0.717, 1.165) is 5.56 Å². The number of para-hydroxylation sites is 1. The van der Waals surface area contributed by atoms with Crippen molar-refractivity contribution in [1.29, 1.82) is 0 Å². The zero-order valence-corrected chi connectivity index (χ0v) is 19.0. The van der Waals surface area contributed by atoms with Gasteiger partial charge in [0.2, 0.25) is 0 Å². The predicted octanol–water partition coefficient (Wildman–Crippen LogP) is 1.48. The van der Waals surface area contributed by atoms with Gasteiger partial charge in [-0.1, -0.05) is 12.1 Å². The van der Waals surface area contributed by atoms with E-state index in [4.69, 9.17) is 18.6 Å². The molecule has 33 heavy (non-hydrogen) atoms. The summed E-state index contributed by atoms with van der Waals surface area (Å²) in [6, 6.07) is 8.86. The Balaban J connectivity index is 1.65. The number of carbonyl (C=O) groups excluding carboxylic acids is 1. The first kappa shape index (κ1) is 22.7. The molecule has 1 amide bonds. The number of methoxy groups -OCH3 is 3. The number of hydrogen-bond acceptors (Lipinski definition) is 9. The quantitative estimate of drug-likeness (QED) is 0.473. The molecule has 0 unspecified atom stereocenters. The van der Waals surface area contributed by atoms with Crippen molar-refractivity contribution in [3.8, 4) is 11.5 Å². The lowest BCUT2D eigenvalue weighted by molar-refractivity contribution is 0.0555.